The Morgan fingerprint density at radius 2 is 1.76 bits per heavy atom. The normalized spacial score (nSPS) is 36.7. The lowest BCUT2D eigenvalue weighted by Crippen LogP contribution is -2.48. The van der Waals surface area contributed by atoms with E-state index in [9.17, 15) is 4.39 Å². The van der Waals surface area contributed by atoms with Crippen molar-refractivity contribution in [2.45, 2.75) is 38.5 Å². The summed E-state index contributed by atoms with van der Waals surface area (Å²) in [6, 6.07) is 4.71. The van der Waals surface area contributed by atoms with Crippen molar-refractivity contribution in [3.05, 3.63) is 36.2 Å². The Bertz CT molecular complexity index is 527. The van der Waals surface area contributed by atoms with Crippen LogP contribution in [-0.2, 0) is 0 Å². The second-order valence-electron chi connectivity index (χ2n) is 7.59. The second kappa shape index (κ2) is 4.86. The first kappa shape index (κ1) is 13.4. The fraction of sp³-hybridized carbons (Fsp3) is 0.579. The highest BCUT2D eigenvalue weighted by molar-refractivity contribution is 5.55. The van der Waals surface area contributed by atoms with Crippen molar-refractivity contribution in [1.29, 1.82) is 0 Å². The van der Waals surface area contributed by atoms with Crippen LogP contribution in [0, 0.1) is 29.0 Å². The molecule has 0 aromatic heterocycles. The molecule has 0 unspecified atom stereocenters. The van der Waals surface area contributed by atoms with Crippen molar-refractivity contribution in [2.24, 2.45) is 23.2 Å². The summed E-state index contributed by atoms with van der Waals surface area (Å²) >= 11 is 0. The highest BCUT2D eigenvalue weighted by Gasteiger charge is 2.51. The standard InChI is InChI=1S/C19H23FO/c1-2-16-3-4-17(20)8-18(16)21-12-19-9-13-5-14(10-19)7-15(6-13)11-19/h2-4,8,13-15H,1,5-7,9-12H2. The minimum absolute atomic E-state index is 0.235. The minimum Gasteiger partial charge on any atom is -0.492 e. The summed E-state index contributed by atoms with van der Waals surface area (Å²) < 4.78 is 19.5. The Labute approximate surface area is 126 Å². The topological polar surface area (TPSA) is 9.23 Å². The Morgan fingerprint density at radius 3 is 2.33 bits per heavy atom. The molecule has 21 heavy (non-hydrogen) atoms. The van der Waals surface area contributed by atoms with Crippen LogP contribution in [0.5, 0.6) is 5.75 Å². The van der Waals surface area contributed by atoms with Crippen molar-refractivity contribution in [1.82, 2.24) is 0 Å². The van der Waals surface area contributed by atoms with Crippen LogP contribution in [0.15, 0.2) is 24.8 Å². The van der Waals surface area contributed by atoms with Crippen LogP contribution in [0.3, 0.4) is 0 Å². The molecule has 0 spiro atoms. The quantitative estimate of drug-likeness (QED) is 0.751. The van der Waals surface area contributed by atoms with Gasteiger partial charge in [0.15, 0.2) is 0 Å². The van der Waals surface area contributed by atoms with E-state index in [4.69, 9.17) is 4.74 Å². The second-order valence-corrected chi connectivity index (χ2v) is 7.59. The number of hydrogen-bond acceptors (Lipinski definition) is 1. The van der Waals surface area contributed by atoms with Gasteiger partial charge in [0.05, 0.1) is 6.61 Å². The van der Waals surface area contributed by atoms with Crippen molar-refractivity contribution in [3.63, 3.8) is 0 Å². The average Bonchev–Trinajstić information content (AvgIpc) is 2.44. The fourth-order valence-electron chi connectivity index (χ4n) is 5.50. The lowest BCUT2D eigenvalue weighted by molar-refractivity contribution is -0.0746. The van der Waals surface area contributed by atoms with Crippen LogP contribution in [0.4, 0.5) is 4.39 Å². The third kappa shape index (κ3) is 2.39. The molecule has 0 radical (unpaired) electrons. The molecule has 112 valence electrons. The molecule has 0 N–H and O–H groups in total. The lowest BCUT2D eigenvalue weighted by atomic mass is 9.50. The Kier molecular flexibility index (Phi) is 3.09. The summed E-state index contributed by atoms with van der Waals surface area (Å²) in [6.45, 7) is 4.54. The monoisotopic (exact) mass is 286 g/mol. The van der Waals surface area contributed by atoms with Gasteiger partial charge in [0, 0.05) is 17.0 Å². The molecular formula is C19H23FO. The zero-order valence-electron chi connectivity index (χ0n) is 12.5. The largest absolute Gasteiger partial charge is 0.492 e. The molecule has 2 heteroatoms. The number of benzene rings is 1. The van der Waals surface area contributed by atoms with Crippen LogP contribution in [-0.4, -0.2) is 6.61 Å². The lowest BCUT2D eigenvalue weighted by Gasteiger charge is -2.56. The van der Waals surface area contributed by atoms with Gasteiger partial charge in [0.25, 0.3) is 0 Å². The van der Waals surface area contributed by atoms with Crippen LogP contribution < -0.4 is 4.74 Å². The predicted octanol–water partition coefficient (Wildman–Crippen LogP) is 5.06. The van der Waals surface area contributed by atoms with Gasteiger partial charge in [-0.3, -0.25) is 0 Å². The summed E-state index contributed by atoms with van der Waals surface area (Å²) in [7, 11) is 0. The van der Waals surface area contributed by atoms with E-state index in [0.717, 1.165) is 29.9 Å². The van der Waals surface area contributed by atoms with Crippen molar-refractivity contribution in [2.75, 3.05) is 6.61 Å². The van der Waals surface area contributed by atoms with Gasteiger partial charge in [-0.1, -0.05) is 12.7 Å². The maximum Gasteiger partial charge on any atom is 0.129 e. The Morgan fingerprint density at radius 1 is 1.14 bits per heavy atom. The third-order valence-corrected chi connectivity index (χ3v) is 5.89. The summed E-state index contributed by atoms with van der Waals surface area (Å²) in [5.74, 6) is 3.19. The highest BCUT2D eigenvalue weighted by atomic mass is 19.1. The van der Waals surface area contributed by atoms with Gasteiger partial charge in [-0.05, 0) is 68.4 Å². The number of hydrogen-bond donors (Lipinski definition) is 0. The van der Waals surface area contributed by atoms with Crippen LogP contribution >= 0.6 is 0 Å². The van der Waals surface area contributed by atoms with E-state index in [0.29, 0.717) is 11.2 Å². The van der Waals surface area contributed by atoms with Gasteiger partial charge in [0.1, 0.15) is 11.6 Å². The Balaban J connectivity index is 1.52. The summed E-state index contributed by atoms with van der Waals surface area (Å²) in [6.07, 6.45) is 10.0. The van der Waals surface area contributed by atoms with Gasteiger partial charge < -0.3 is 4.74 Å². The highest BCUT2D eigenvalue weighted by Crippen LogP contribution is 2.60. The van der Waals surface area contributed by atoms with E-state index < -0.39 is 0 Å². The molecule has 1 aromatic carbocycles. The third-order valence-electron chi connectivity index (χ3n) is 5.89. The molecule has 0 heterocycles. The van der Waals surface area contributed by atoms with E-state index in [1.165, 1.54) is 50.7 Å². The minimum atomic E-state index is -0.235. The smallest absolute Gasteiger partial charge is 0.129 e. The zero-order valence-corrected chi connectivity index (χ0v) is 12.5. The summed E-state index contributed by atoms with van der Waals surface area (Å²) in [5.41, 5.74) is 1.25. The molecule has 4 bridgehead atoms. The van der Waals surface area contributed by atoms with Crippen molar-refractivity contribution >= 4 is 6.08 Å². The molecule has 4 aliphatic carbocycles. The van der Waals surface area contributed by atoms with Gasteiger partial charge in [-0.15, -0.1) is 0 Å². The molecule has 0 saturated heterocycles. The molecule has 4 aliphatic rings. The molecule has 5 rings (SSSR count). The average molecular weight is 286 g/mol. The van der Waals surface area contributed by atoms with E-state index >= 15 is 0 Å². The summed E-state index contributed by atoms with van der Waals surface area (Å²) in [5, 5.41) is 0. The first-order valence-electron chi connectivity index (χ1n) is 8.21. The first-order chi connectivity index (χ1) is 10.2. The van der Waals surface area contributed by atoms with E-state index in [2.05, 4.69) is 6.58 Å². The maximum atomic E-state index is 13.5. The van der Waals surface area contributed by atoms with E-state index in [-0.39, 0.29) is 5.82 Å². The van der Waals surface area contributed by atoms with Gasteiger partial charge >= 0.3 is 0 Å². The molecule has 1 nitrogen and oxygen atoms in total. The van der Waals surface area contributed by atoms with Crippen LogP contribution in [0.2, 0.25) is 0 Å². The molecule has 4 fully saturated rings. The van der Waals surface area contributed by atoms with Crippen LogP contribution in [0.1, 0.15) is 44.1 Å². The van der Waals surface area contributed by atoms with Crippen molar-refractivity contribution in [3.8, 4) is 5.75 Å². The predicted molar refractivity (Wildman–Crippen MR) is 82.6 cm³/mol. The van der Waals surface area contributed by atoms with E-state index in [1.54, 1.807) is 12.1 Å². The SMILES string of the molecule is C=Cc1ccc(F)cc1OCC12CC3CC(CC(C3)C1)C2. The number of halogens is 1. The Hall–Kier alpha value is -1.31. The molecule has 0 aliphatic heterocycles. The van der Waals surface area contributed by atoms with E-state index in [1.807, 2.05) is 0 Å². The number of rotatable bonds is 4. The molecule has 4 saturated carbocycles. The van der Waals surface area contributed by atoms with Crippen LogP contribution in [0.25, 0.3) is 6.08 Å². The van der Waals surface area contributed by atoms with Gasteiger partial charge in [-0.2, -0.15) is 0 Å². The molecular weight excluding hydrogens is 263 g/mol. The maximum absolute atomic E-state index is 13.5. The number of ether oxygens (including phenoxy) is 1. The first-order valence-corrected chi connectivity index (χ1v) is 8.21. The van der Waals surface area contributed by atoms with Crippen molar-refractivity contribution < 1.29 is 9.13 Å². The van der Waals surface area contributed by atoms with Gasteiger partial charge in [0.2, 0.25) is 0 Å². The van der Waals surface area contributed by atoms with Gasteiger partial charge in [-0.25, -0.2) is 4.39 Å². The molecule has 0 amide bonds. The fourth-order valence-corrected chi connectivity index (χ4v) is 5.50. The zero-order chi connectivity index (χ0) is 14.4. The molecule has 0 atom stereocenters. The summed E-state index contributed by atoms with van der Waals surface area (Å²) in [4.78, 5) is 0. The molecule has 1 aromatic rings.